The average Bonchev–Trinajstić information content (AvgIpc) is 3.65. The lowest BCUT2D eigenvalue weighted by atomic mass is 9.98. The molecule has 2 heterocycles. The highest BCUT2D eigenvalue weighted by molar-refractivity contribution is 5.91. The second-order valence-corrected chi connectivity index (χ2v) is 15.4. The van der Waals surface area contributed by atoms with Gasteiger partial charge in [-0.2, -0.15) is 0 Å². The van der Waals surface area contributed by atoms with E-state index in [4.69, 9.17) is 42.6 Å². The number of rotatable bonds is 17. The van der Waals surface area contributed by atoms with Gasteiger partial charge in [-0.05, 0) is 54.1 Å². The molecule has 5 aromatic rings. The van der Waals surface area contributed by atoms with E-state index >= 15 is 0 Å². The van der Waals surface area contributed by atoms with Crippen LogP contribution in [0.5, 0.6) is 0 Å². The Morgan fingerprint density at radius 2 is 1.14 bits per heavy atom. The summed E-state index contributed by atoms with van der Waals surface area (Å²) >= 11 is 0. The van der Waals surface area contributed by atoms with Gasteiger partial charge in [0.05, 0.1) is 35.5 Å². The molecule has 0 spiro atoms. The molecule has 0 aromatic heterocycles. The molecule has 7 atom stereocenters. The molecule has 3 unspecified atom stereocenters. The number of aliphatic hydroxyl groups is 2. The molecule has 0 aliphatic carbocycles. The summed E-state index contributed by atoms with van der Waals surface area (Å²) < 4.78 is 53.9. The number of esters is 4. The molecule has 2 N–H and O–H groups in total. The van der Waals surface area contributed by atoms with Crippen molar-refractivity contribution in [3.05, 3.63) is 191 Å². The zero-order chi connectivity index (χ0) is 45.8. The van der Waals surface area contributed by atoms with E-state index in [1.54, 1.807) is 135 Å². The van der Waals surface area contributed by atoms with Gasteiger partial charge in [-0.3, -0.25) is 0 Å². The minimum atomic E-state index is -2.24. The van der Waals surface area contributed by atoms with Crippen LogP contribution in [0.15, 0.2) is 163 Å². The maximum Gasteiger partial charge on any atom is 0.343 e. The zero-order valence-electron chi connectivity index (χ0n) is 35.5. The summed E-state index contributed by atoms with van der Waals surface area (Å²) in [5.41, 5.74) is 1.52. The van der Waals surface area contributed by atoms with Gasteiger partial charge in [-0.1, -0.05) is 103 Å². The Kier molecular flexibility index (Phi) is 15.5. The predicted octanol–water partition coefficient (Wildman–Crippen LogP) is 6.54. The van der Waals surface area contributed by atoms with Crippen molar-refractivity contribution in [1.29, 1.82) is 0 Å². The monoisotopic (exact) mass is 888 g/mol. The maximum atomic E-state index is 13.7. The Bertz CT molecular complexity index is 2370. The van der Waals surface area contributed by atoms with Crippen LogP contribution in [-0.4, -0.2) is 96.2 Å². The molecule has 0 radical (unpaired) electrons. The number of benzene rings is 5. The molecule has 0 bridgehead atoms. The molecule has 2 saturated heterocycles. The summed E-state index contributed by atoms with van der Waals surface area (Å²) in [5.74, 6) is -5.20. The molecule has 0 saturated carbocycles. The van der Waals surface area contributed by atoms with Crippen molar-refractivity contribution in [2.24, 2.45) is 0 Å². The van der Waals surface area contributed by atoms with Gasteiger partial charge in [-0.25, -0.2) is 19.2 Å². The standard InChI is InChI=1S/C50H48O15/c1-50(2)64-37(28-29-57-44(52)33-20-10-4-11-21-33)41(65-50)43(63-47(55)36-26-16-7-17-27-36)48(56)61-40-38(31-58-45(53)34-22-12-5-13-23-34)60-49(59-30-32-18-8-3-9-19-32)42(39(40)51)62-46(54)35-24-14-6-15-25-35/h3-27,37-40,42,48-49,51,56H,28-31H2,1-2H3/b43-41+/t37-,38?,39?,40+,42?,48-,49+/m0/s1. The zero-order valence-corrected chi connectivity index (χ0v) is 35.5. The fraction of sp³-hybridized carbons (Fsp3) is 0.280. The first-order valence-corrected chi connectivity index (χ1v) is 20.9. The first-order chi connectivity index (χ1) is 31.5. The van der Waals surface area contributed by atoms with Gasteiger partial charge in [0, 0.05) is 20.3 Å². The van der Waals surface area contributed by atoms with E-state index in [2.05, 4.69) is 0 Å². The molecule has 15 heteroatoms. The number of hydrogen-bond donors (Lipinski definition) is 2. The van der Waals surface area contributed by atoms with Crippen molar-refractivity contribution in [2.45, 2.75) is 75.8 Å². The number of aliphatic hydroxyl groups excluding tert-OH is 2. The van der Waals surface area contributed by atoms with E-state index in [-0.39, 0.29) is 42.1 Å². The van der Waals surface area contributed by atoms with Crippen molar-refractivity contribution in [3.8, 4) is 0 Å². The van der Waals surface area contributed by atoms with Crippen molar-refractivity contribution < 1.29 is 72.0 Å². The second-order valence-electron chi connectivity index (χ2n) is 15.4. The third kappa shape index (κ3) is 12.3. The van der Waals surface area contributed by atoms with Gasteiger partial charge in [0.25, 0.3) is 0 Å². The topological polar surface area (TPSA) is 192 Å². The summed E-state index contributed by atoms with van der Waals surface area (Å²) in [4.78, 5) is 53.3. The van der Waals surface area contributed by atoms with Crippen LogP contribution in [0.3, 0.4) is 0 Å². The van der Waals surface area contributed by atoms with Crippen molar-refractivity contribution in [2.75, 3.05) is 13.2 Å². The molecular formula is C50H48O15. The van der Waals surface area contributed by atoms with Crippen LogP contribution in [0, 0.1) is 0 Å². The van der Waals surface area contributed by atoms with E-state index < -0.39 is 85.1 Å². The number of carbonyl (C=O) groups excluding carboxylic acids is 4. The summed E-state index contributed by atoms with van der Waals surface area (Å²) in [5, 5.41) is 24.4. The highest BCUT2D eigenvalue weighted by Crippen LogP contribution is 2.38. The van der Waals surface area contributed by atoms with Gasteiger partial charge in [-0.15, -0.1) is 0 Å². The molecule has 0 amide bonds. The van der Waals surface area contributed by atoms with Gasteiger partial charge in [0.15, 0.2) is 18.2 Å². The smallest absolute Gasteiger partial charge is 0.343 e. The van der Waals surface area contributed by atoms with Gasteiger partial charge >= 0.3 is 23.9 Å². The van der Waals surface area contributed by atoms with Gasteiger partial charge < -0.3 is 52.8 Å². The van der Waals surface area contributed by atoms with Crippen molar-refractivity contribution in [1.82, 2.24) is 0 Å². The molecule has 2 aliphatic heterocycles. The molecule has 15 nitrogen and oxygen atoms in total. The molecular weight excluding hydrogens is 841 g/mol. The number of hydrogen-bond acceptors (Lipinski definition) is 15. The number of ether oxygens (including phenoxy) is 9. The Balaban J connectivity index is 1.22. The third-order valence-electron chi connectivity index (χ3n) is 10.2. The minimum absolute atomic E-state index is 0.0262. The Hall–Kier alpha value is -6.72. The highest BCUT2D eigenvalue weighted by atomic mass is 16.8. The maximum absolute atomic E-state index is 13.7. The average molecular weight is 889 g/mol. The largest absolute Gasteiger partial charge is 0.462 e. The van der Waals surface area contributed by atoms with Gasteiger partial charge in [0.1, 0.15) is 31.0 Å². The molecule has 2 aliphatic rings. The quantitative estimate of drug-likeness (QED) is 0.0442. The Labute approximate surface area is 375 Å². The summed E-state index contributed by atoms with van der Waals surface area (Å²) in [6.45, 7) is 2.38. The van der Waals surface area contributed by atoms with Crippen LogP contribution >= 0.6 is 0 Å². The number of carbonyl (C=O) groups is 4. The first kappa shape index (κ1) is 46.3. The predicted molar refractivity (Wildman–Crippen MR) is 229 cm³/mol. The highest BCUT2D eigenvalue weighted by Gasteiger charge is 2.51. The lowest BCUT2D eigenvalue weighted by molar-refractivity contribution is -0.323. The van der Waals surface area contributed by atoms with Crippen LogP contribution in [0.2, 0.25) is 0 Å². The molecule has 7 rings (SSSR count). The lowest BCUT2D eigenvalue weighted by Crippen LogP contribution is -2.62. The normalized spacial score (nSPS) is 22.4. The minimum Gasteiger partial charge on any atom is -0.462 e. The van der Waals surface area contributed by atoms with Crippen LogP contribution < -0.4 is 0 Å². The van der Waals surface area contributed by atoms with Crippen LogP contribution in [0.4, 0.5) is 0 Å². The fourth-order valence-corrected chi connectivity index (χ4v) is 7.02. The first-order valence-electron chi connectivity index (χ1n) is 20.9. The van der Waals surface area contributed by atoms with Crippen LogP contribution in [0.1, 0.15) is 67.3 Å². The second kappa shape index (κ2) is 21.8. The van der Waals surface area contributed by atoms with E-state index in [1.807, 2.05) is 6.07 Å². The Morgan fingerprint density at radius 3 is 1.69 bits per heavy atom. The summed E-state index contributed by atoms with van der Waals surface area (Å²) in [6, 6.07) is 41.5. The van der Waals surface area contributed by atoms with E-state index in [9.17, 15) is 29.4 Å². The van der Waals surface area contributed by atoms with E-state index in [0.29, 0.717) is 5.56 Å². The van der Waals surface area contributed by atoms with Crippen molar-refractivity contribution >= 4 is 23.9 Å². The Morgan fingerprint density at radius 1 is 0.646 bits per heavy atom. The molecule has 2 fully saturated rings. The lowest BCUT2D eigenvalue weighted by Gasteiger charge is -2.44. The molecule has 65 heavy (non-hydrogen) atoms. The third-order valence-corrected chi connectivity index (χ3v) is 10.2. The molecule has 338 valence electrons. The van der Waals surface area contributed by atoms with Crippen LogP contribution in [-0.2, 0) is 49.2 Å². The van der Waals surface area contributed by atoms with Crippen LogP contribution in [0.25, 0.3) is 0 Å². The van der Waals surface area contributed by atoms with Crippen molar-refractivity contribution in [3.63, 3.8) is 0 Å². The SMILES string of the molecule is CC1(C)O/C(=C(/OC(=O)c2ccccc2)[C@@H](O)O[C@@H]2C(COC(=O)c3ccccc3)O[C@@H](OCc3ccccc3)C(OC(=O)c3ccccc3)C2O)[C@H](CCOC(=O)c2ccccc2)O1. The fourth-order valence-electron chi connectivity index (χ4n) is 7.02. The van der Waals surface area contributed by atoms with E-state index in [0.717, 1.165) is 5.56 Å². The summed E-state index contributed by atoms with van der Waals surface area (Å²) in [6.07, 6.45) is -11.4. The molecule has 5 aromatic carbocycles. The van der Waals surface area contributed by atoms with Gasteiger partial charge in [0.2, 0.25) is 17.8 Å². The van der Waals surface area contributed by atoms with E-state index in [1.165, 1.54) is 24.3 Å². The summed E-state index contributed by atoms with van der Waals surface area (Å²) in [7, 11) is 0.